The van der Waals surface area contributed by atoms with Gasteiger partial charge in [-0.15, -0.1) is 0 Å². The molecule has 126 valence electrons. The van der Waals surface area contributed by atoms with Gasteiger partial charge in [-0.1, -0.05) is 42.5 Å². The summed E-state index contributed by atoms with van der Waals surface area (Å²) in [7, 11) is -0.653. The number of rotatable bonds is 1. The monoisotopic (exact) mass is 342 g/mol. The van der Waals surface area contributed by atoms with Gasteiger partial charge >= 0.3 is 0 Å². The van der Waals surface area contributed by atoms with E-state index in [2.05, 4.69) is 70.2 Å². The highest BCUT2D eigenvalue weighted by atomic mass is 31.1. The van der Waals surface area contributed by atoms with E-state index in [0.717, 1.165) is 12.8 Å². The fraction of sp³-hybridized carbons (Fsp3) is 0.500. The molecule has 2 aromatic rings. The Morgan fingerprint density at radius 3 is 2.00 bits per heavy atom. The molecule has 0 spiro atoms. The minimum absolute atomic E-state index is 0.230. The molecular weight excluding hydrogens is 319 g/mol. The lowest BCUT2D eigenvalue weighted by atomic mass is 9.98. The molecule has 4 saturated heterocycles. The molecule has 6 rings (SSSR count). The standard InChI is InChI=1S/C20H23O3P/c1-17-12-19(3)23-18(2,21-17)13-20(4,22-17)24(19)16-11-7-9-14-8-5-6-10-15(14)16/h5-11H,12-13H2,1-4H3/t17-,18-,19+,20+/m0/s1. The zero-order valence-electron chi connectivity index (χ0n) is 14.6. The smallest absolute Gasteiger partial charge is 0.173 e. The second-order valence-corrected chi connectivity index (χ2v) is 11.2. The van der Waals surface area contributed by atoms with E-state index >= 15 is 0 Å². The lowest BCUT2D eigenvalue weighted by Gasteiger charge is -2.69. The average molecular weight is 342 g/mol. The molecule has 4 heteroatoms. The Morgan fingerprint density at radius 2 is 1.33 bits per heavy atom. The maximum Gasteiger partial charge on any atom is 0.173 e. The van der Waals surface area contributed by atoms with Crippen LogP contribution in [0.15, 0.2) is 42.5 Å². The maximum absolute atomic E-state index is 6.57. The van der Waals surface area contributed by atoms with Crippen molar-refractivity contribution in [2.24, 2.45) is 0 Å². The predicted molar refractivity (Wildman–Crippen MR) is 96.6 cm³/mol. The molecule has 4 aliphatic rings. The molecule has 24 heavy (non-hydrogen) atoms. The van der Waals surface area contributed by atoms with Crippen molar-refractivity contribution < 1.29 is 14.2 Å². The lowest BCUT2D eigenvalue weighted by molar-refractivity contribution is -0.467. The first-order chi connectivity index (χ1) is 11.2. The molecular formula is C20H23O3P. The summed E-state index contributed by atoms with van der Waals surface area (Å²) in [4.78, 5) is 0. The molecule has 4 heterocycles. The first-order valence-corrected chi connectivity index (χ1v) is 9.97. The van der Waals surface area contributed by atoms with Crippen LogP contribution < -0.4 is 5.30 Å². The summed E-state index contributed by atoms with van der Waals surface area (Å²) in [5.74, 6) is -1.09. The van der Waals surface area contributed by atoms with E-state index in [-0.39, 0.29) is 10.7 Å². The minimum Gasteiger partial charge on any atom is -0.339 e. The Balaban J connectivity index is 1.74. The molecule has 0 aromatic heterocycles. The SMILES string of the molecule is C[C@@]12C[C@]3(C)O[C@@](C)(C[C@](C)(O1)P3c1cccc3ccccc13)O2. The number of ether oxygens (including phenoxy) is 3. The molecule has 3 nitrogen and oxygen atoms in total. The van der Waals surface area contributed by atoms with Crippen LogP contribution in [-0.2, 0) is 14.2 Å². The molecule has 4 fully saturated rings. The van der Waals surface area contributed by atoms with Gasteiger partial charge in [0, 0.05) is 12.8 Å². The number of fused-ring (bicyclic) bond motifs is 1. The van der Waals surface area contributed by atoms with Crippen LogP contribution in [0.25, 0.3) is 10.8 Å². The molecule has 0 radical (unpaired) electrons. The van der Waals surface area contributed by atoms with Gasteiger partial charge in [-0.25, -0.2) is 0 Å². The summed E-state index contributed by atoms with van der Waals surface area (Å²) in [6, 6.07) is 15.2. The highest BCUT2D eigenvalue weighted by Crippen LogP contribution is 2.76. The fourth-order valence-electron chi connectivity index (χ4n) is 5.50. The van der Waals surface area contributed by atoms with Crippen LogP contribution in [0.1, 0.15) is 40.5 Å². The molecule has 0 N–H and O–H groups in total. The molecule has 0 aliphatic carbocycles. The first-order valence-electron chi connectivity index (χ1n) is 8.63. The predicted octanol–water partition coefficient (Wildman–Crippen LogP) is 4.68. The largest absolute Gasteiger partial charge is 0.339 e. The van der Waals surface area contributed by atoms with Crippen molar-refractivity contribution in [1.29, 1.82) is 0 Å². The number of benzene rings is 2. The quantitative estimate of drug-likeness (QED) is 0.704. The fourth-order valence-corrected chi connectivity index (χ4v) is 9.66. The average Bonchev–Trinajstić information content (AvgIpc) is 2.42. The van der Waals surface area contributed by atoms with Gasteiger partial charge in [0.2, 0.25) is 0 Å². The van der Waals surface area contributed by atoms with E-state index in [1.807, 2.05) is 0 Å². The highest BCUT2D eigenvalue weighted by molar-refractivity contribution is 7.69. The van der Waals surface area contributed by atoms with E-state index in [1.165, 1.54) is 16.1 Å². The van der Waals surface area contributed by atoms with E-state index in [1.54, 1.807) is 0 Å². The second kappa shape index (κ2) is 4.40. The van der Waals surface area contributed by atoms with E-state index < -0.39 is 19.5 Å². The summed E-state index contributed by atoms with van der Waals surface area (Å²) in [5.41, 5.74) is 0. The third kappa shape index (κ3) is 1.93. The molecule has 0 amide bonds. The third-order valence-electron chi connectivity index (χ3n) is 5.56. The van der Waals surface area contributed by atoms with Gasteiger partial charge in [-0.3, -0.25) is 0 Å². The Morgan fingerprint density at radius 1 is 0.750 bits per heavy atom. The zero-order chi connectivity index (χ0) is 16.8. The van der Waals surface area contributed by atoms with Gasteiger partial charge in [-0.2, -0.15) is 0 Å². The van der Waals surface area contributed by atoms with Crippen molar-refractivity contribution in [2.75, 3.05) is 0 Å². The van der Waals surface area contributed by atoms with Gasteiger partial charge in [0.1, 0.15) is 0 Å². The van der Waals surface area contributed by atoms with Crippen molar-refractivity contribution in [1.82, 2.24) is 0 Å². The van der Waals surface area contributed by atoms with Gasteiger partial charge in [0.05, 0.1) is 10.7 Å². The Labute approximate surface area is 144 Å². The van der Waals surface area contributed by atoms with Gasteiger partial charge in [0.15, 0.2) is 11.6 Å². The highest BCUT2D eigenvalue weighted by Gasteiger charge is 2.71. The second-order valence-electron chi connectivity index (χ2n) is 8.11. The lowest BCUT2D eigenvalue weighted by Crippen LogP contribution is -2.72. The van der Waals surface area contributed by atoms with E-state index in [4.69, 9.17) is 14.2 Å². The third-order valence-corrected chi connectivity index (χ3v) is 8.82. The van der Waals surface area contributed by atoms with Crippen LogP contribution >= 0.6 is 7.92 Å². The molecule has 0 saturated carbocycles. The summed E-state index contributed by atoms with van der Waals surface area (Å²) in [6.45, 7) is 8.66. The minimum atomic E-state index is -0.653. The summed E-state index contributed by atoms with van der Waals surface area (Å²) in [6.07, 6.45) is 1.56. The van der Waals surface area contributed by atoms with Gasteiger partial charge in [-0.05, 0) is 51.7 Å². The zero-order valence-corrected chi connectivity index (χ0v) is 15.5. The van der Waals surface area contributed by atoms with Crippen molar-refractivity contribution in [3.8, 4) is 0 Å². The van der Waals surface area contributed by atoms with E-state index in [9.17, 15) is 0 Å². The van der Waals surface area contributed by atoms with Crippen molar-refractivity contribution >= 4 is 24.0 Å². The van der Waals surface area contributed by atoms with Gasteiger partial charge in [0.25, 0.3) is 0 Å². The summed E-state index contributed by atoms with van der Waals surface area (Å²) in [5, 5.41) is 3.54. The number of hydrogen-bond donors (Lipinski definition) is 0. The Hall–Kier alpha value is -0.990. The maximum atomic E-state index is 6.57. The molecule has 4 aliphatic heterocycles. The topological polar surface area (TPSA) is 27.7 Å². The molecule has 4 atom stereocenters. The normalized spacial score (nSPS) is 46.6. The van der Waals surface area contributed by atoms with Crippen LogP contribution in [0.5, 0.6) is 0 Å². The van der Waals surface area contributed by atoms with Gasteiger partial charge < -0.3 is 14.2 Å². The molecule has 0 unspecified atom stereocenters. The van der Waals surface area contributed by atoms with Crippen molar-refractivity contribution in [3.63, 3.8) is 0 Å². The molecule has 2 aromatic carbocycles. The Kier molecular flexibility index (Phi) is 2.80. The van der Waals surface area contributed by atoms with Crippen LogP contribution in [0, 0.1) is 0 Å². The number of hydrogen-bond acceptors (Lipinski definition) is 3. The van der Waals surface area contributed by atoms with Crippen LogP contribution in [0.2, 0.25) is 0 Å². The van der Waals surface area contributed by atoms with Crippen LogP contribution in [0.4, 0.5) is 0 Å². The van der Waals surface area contributed by atoms with Crippen LogP contribution in [-0.4, -0.2) is 22.3 Å². The van der Waals surface area contributed by atoms with Crippen LogP contribution in [0.3, 0.4) is 0 Å². The summed E-state index contributed by atoms with van der Waals surface area (Å²) >= 11 is 0. The van der Waals surface area contributed by atoms with Crippen molar-refractivity contribution in [2.45, 2.75) is 62.8 Å². The first kappa shape index (κ1) is 15.3. The Bertz CT molecular complexity index is 798. The van der Waals surface area contributed by atoms with E-state index in [0.29, 0.717) is 0 Å². The molecule has 4 bridgehead atoms. The van der Waals surface area contributed by atoms with Crippen molar-refractivity contribution in [3.05, 3.63) is 42.5 Å². The summed E-state index contributed by atoms with van der Waals surface area (Å²) < 4.78 is 19.3.